The molecule has 20 heavy (non-hydrogen) atoms. The Balaban J connectivity index is 1.96. The third-order valence-electron chi connectivity index (χ3n) is 3.76. The van der Waals surface area contributed by atoms with Crippen LogP contribution in [0.4, 0.5) is 0 Å². The Morgan fingerprint density at radius 3 is 2.85 bits per heavy atom. The molecule has 0 bridgehead atoms. The van der Waals surface area contributed by atoms with Crippen LogP contribution in [0.15, 0.2) is 36.4 Å². The van der Waals surface area contributed by atoms with Crippen LogP contribution in [-0.4, -0.2) is 42.1 Å². The second kappa shape index (κ2) is 5.51. The van der Waals surface area contributed by atoms with Crippen molar-refractivity contribution >= 4 is 16.7 Å². The lowest BCUT2D eigenvalue weighted by molar-refractivity contribution is 0.0763. The van der Waals surface area contributed by atoms with Gasteiger partial charge < -0.3 is 15.3 Å². The molecule has 1 aliphatic heterocycles. The fourth-order valence-corrected chi connectivity index (χ4v) is 2.65. The molecule has 104 valence electrons. The minimum atomic E-state index is -0.0862. The van der Waals surface area contributed by atoms with Crippen molar-refractivity contribution in [2.45, 2.75) is 6.42 Å². The van der Waals surface area contributed by atoms with Gasteiger partial charge in [0.2, 0.25) is 0 Å². The molecule has 0 atom stereocenters. The molecule has 1 saturated heterocycles. The second-order valence-electron chi connectivity index (χ2n) is 5.08. The summed E-state index contributed by atoms with van der Waals surface area (Å²) in [6, 6.07) is 11.2. The lowest BCUT2D eigenvalue weighted by Gasteiger charge is -2.20. The summed E-state index contributed by atoms with van der Waals surface area (Å²) in [6.45, 7) is 3.16. The number of carbonyl (C=O) groups is 1. The van der Waals surface area contributed by atoms with Crippen LogP contribution < -0.4 is 5.32 Å². The Morgan fingerprint density at radius 1 is 1.10 bits per heavy atom. The Morgan fingerprint density at radius 2 is 1.95 bits per heavy atom. The Bertz CT molecular complexity index is 631. The lowest BCUT2D eigenvalue weighted by Crippen LogP contribution is -2.34. The maximum atomic E-state index is 12.6. The standard InChI is InChI=1S/C16H18N2O2/c19-15-13-5-2-1-4-12(13)6-7-14(15)16(20)18-10-3-8-17-9-11-18/h1-2,4-7,17,19H,3,8-11H2. The highest BCUT2D eigenvalue weighted by Crippen LogP contribution is 2.29. The smallest absolute Gasteiger partial charge is 0.257 e. The highest BCUT2D eigenvalue weighted by Gasteiger charge is 2.20. The van der Waals surface area contributed by atoms with Crippen molar-refractivity contribution in [2.75, 3.05) is 26.2 Å². The number of hydrogen-bond acceptors (Lipinski definition) is 3. The average molecular weight is 270 g/mol. The highest BCUT2D eigenvalue weighted by molar-refractivity contribution is 6.03. The van der Waals surface area contributed by atoms with E-state index in [2.05, 4.69) is 5.32 Å². The molecule has 0 aliphatic carbocycles. The number of phenols is 1. The number of benzene rings is 2. The summed E-state index contributed by atoms with van der Waals surface area (Å²) in [4.78, 5) is 14.4. The monoisotopic (exact) mass is 270 g/mol. The molecule has 1 heterocycles. The van der Waals surface area contributed by atoms with Crippen LogP contribution in [0.2, 0.25) is 0 Å². The average Bonchev–Trinajstić information content (AvgIpc) is 2.76. The SMILES string of the molecule is O=C(c1ccc2ccccc2c1O)N1CCCNCC1. The van der Waals surface area contributed by atoms with E-state index in [9.17, 15) is 9.90 Å². The van der Waals surface area contributed by atoms with Crippen LogP contribution >= 0.6 is 0 Å². The van der Waals surface area contributed by atoms with E-state index in [4.69, 9.17) is 0 Å². The predicted octanol–water partition coefficient (Wildman–Crippen LogP) is 1.98. The number of nitrogens with one attached hydrogen (secondary N) is 1. The highest BCUT2D eigenvalue weighted by atomic mass is 16.3. The topological polar surface area (TPSA) is 52.6 Å². The first-order valence-electron chi connectivity index (χ1n) is 6.98. The summed E-state index contributed by atoms with van der Waals surface area (Å²) in [6.07, 6.45) is 0.945. The molecule has 0 radical (unpaired) electrons. The van der Waals surface area contributed by atoms with Gasteiger partial charge in [-0.25, -0.2) is 0 Å². The zero-order chi connectivity index (χ0) is 13.9. The first kappa shape index (κ1) is 12.9. The summed E-state index contributed by atoms with van der Waals surface area (Å²) in [5, 5.41) is 15.3. The van der Waals surface area contributed by atoms with Crippen molar-refractivity contribution in [3.8, 4) is 5.75 Å². The van der Waals surface area contributed by atoms with E-state index in [1.54, 1.807) is 6.07 Å². The number of fused-ring (bicyclic) bond motifs is 1. The zero-order valence-electron chi connectivity index (χ0n) is 11.3. The molecule has 2 N–H and O–H groups in total. The Kier molecular flexibility index (Phi) is 3.56. The first-order chi connectivity index (χ1) is 9.77. The first-order valence-corrected chi connectivity index (χ1v) is 6.98. The maximum absolute atomic E-state index is 12.6. The van der Waals surface area contributed by atoms with Gasteiger partial charge in [-0.05, 0) is 24.4 Å². The van der Waals surface area contributed by atoms with E-state index in [1.807, 2.05) is 35.2 Å². The van der Waals surface area contributed by atoms with Gasteiger partial charge in [0, 0.05) is 25.0 Å². The number of hydrogen-bond donors (Lipinski definition) is 2. The van der Waals surface area contributed by atoms with Crippen molar-refractivity contribution in [1.82, 2.24) is 10.2 Å². The van der Waals surface area contributed by atoms with Crippen LogP contribution in [-0.2, 0) is 0 Å². The van der Waals surface area contributed by atoms with Crippen LogP contribution in [0, 0.1) is 0 Å². The van der Waals surface area contributed by atoms with Crippen molar-refractivity contribution < 1.29 is 9.90 Å². The number of amides is 1. The van der Waals surface area contributed by atoms with Gasteiger partial charge in [0.15, 0.2) is 0 Å². The molecular formula is C16H18N2O2. The number of carbonyl (C=O) groups excluding carboxylic acids is 1. The molecular weight excluding hydrogens is 252 g/mol. The molecule has 0 unspecified atom stereocenters. The van der Waals surface area contributed by atoms with Crippen molar-refractivity contribution in [3.05, 3.63) is 42.0 Å². The number of nitrogens with zero attached hydrogens (tertiary/aromatic N) is 1. The lowest BCUT2D eigenvalue weighted by atomic mass is 10.0. The molecule has 0 spiro atoms. The molecule has 1 amide bonds. The minimum Gasteiger partial charge on any atom is -0.506 e. The summed E-state index contributed by atoms with van der Waals surface area (Å²) in [5.41, 5.74) is 0.394. The molecule has 0 saturated carbocycles. The van der Waals surface area contributed by atoms with Gasteiger partial charge in [0.05, 0.1) is 5.56 Å². The van der Waals surface area contributed by atoms with Gasteiger partial charge >= 0.3 is 0 Å². The third kappa shape index (κ3) is 2.34. The van der Waals surface area contributed by atoms with E-state index in [0.29, 0.717) is 12.1 Å². The summed E-state index contributed by atoms with van der Waals surface area (Å²) in [7, 11) is 0. The van der Waals surface area contributed by atoms with E-state index in [1.165, 1.54) is 0 Å². The minimum absolute atomic E-state index is 0.0862. The Labute approximate surface area is 118 Å². The van der Waals surface area contributed by atoms with Crippen LogP contribution in [0.25, 0.3) is 10.8 Å². The van der Waals surface area contributed by atoms with Gasteiger partial charge in [-0.3, -0.25) is 4.79 Å². The van der Waals surface area contributed by atoms with Crippen LogP contribution in [0.5, 0.6) is 5.75 Å². The summed E-state index contributed by atoms with van der Waals surface area (Å²) >= 11 is 0. The van der Waals surface area contributed by atoms with Gasteiger partial charge in [-0.1, -0.05) is 30.3 Å². The Hall–Kier alpha value is -2.07. The van der Waals surface area contributed by atoms with Gasteiger partial charge in [0.25, 0.3) is 5.91 Å². The maximum Gasteiger partial charge on any atom is 0.257 e. The van der Waals surface area contributed by atoms with E-state index in [0.717, 1.165) is 36.8 Å². The van der Waals surface area contributed by atoms with Crippen LogP contribution in [0.1, 0.15) is 16.8 Å². The third-order valence-corrected chi connectivity index (χ3v) is 3.76. The number of phenolic OH excluding ortho intramolecular Hbond substituents is 1. The molecule has 2 aromatic rings. The summed E-state index contributed by atoms with van der Waals surface area (Å²) in [5.74, 6) is 0.00209. The van der Waals surface area contributed by atoms with E-state index >= 15 is 0 Å². The van der Waals surface area contributed by atoms with Crippen molar-refractivity contribution in [2.24, 2.45) is 0 Å². The number of rotatable bonds is 1. The molecule has 1 fully saturated rings. The largest absolute Gasteiger partial charge is 0.506 e. The summed E-state index contributed by atoms with van der Waals surface area (Å²) < 4.78 is 0. The van der Waals surface area contributed by atoms with Crippen molar-refractivity contribution in [1.29, 1.82) is 0 Å². The van der Waals surface area contributed by atoms with Gasteiger partial charge in [-0.2, -0.15) is 0 Å². The molecule has 1 aliphatic rings. The normalized spacial score (nSPS) is 16.1. The zero-order valence-corrected chi connectivity index (χ0v) is 11.3. The molecule has 4 nitrogen and oxygen atoms in total. The second-order valence-corrected chi connectivity index (χ2v) is 5.08. The van der Waals surface area contributed by atoms with Gasteiger partial charge in [0.1, 0.15) is 5.75 Å². The molecule has 0 aromatic heterocycles. The molecule has 2 aromatic carbocycles. The quantitative estimate of drug-likeness (QED) is 0.833. The van der Waals surface area contributed by atoms with Gasteiger partial charge in [-0.15, -0.1) is 0 Å². The number of aromatic hydroxyl groups is 1. The van der Waals surface area contributed by atoms with Crippen LogP contribution in [0.3, 0.4) is 0 Å². The fourth-order valence-electron chi connectivity index (χ4n) is 2.65. The van der Waals surface area contributed by atoms with Crippen molar-refractivity contribution in [3.63, 3.8) is 0 Å². The molecule has 4 heteroatoms. The van der Waals surface area contributed by atoms with E-state index in [-0.39, 0.29) is 11.7 Å². The van der Waals surface area contributed by atoms with E-state index < -0.39 is 0 Å². The fraction of sp³-hybridized carbons (Fsp3) is 0.312. The molecule has 3 rings (SSSR count). The predicted molar refractivity (Wildman–Crippen MR) is 79.0 cm³/mol.